The Labute approximate surface area is 155 Å². The molecule has 3 heterocycles. The summed E-state index contributed by atoms with van der Waals surface area (Å²) in [6, 6.07) is 13.5. The smallest absolute Gasteiger partial charge is 0.231 e. The predicted octanol–water partition coefficient (Wildman–Crippen LogP) is 3.08. The maximum atomic E-state index is 12.4. The third kappa shape index (κ3) is 2.51. The average Bonchev–Trinajstić information content (AvgIpc) is 3.34. The Hall–Kier alpha value is -3.48. The zero-order valence-corrected chi connectivity index (χ0v) is 14.6. The molecular formula is C20H17N3O4. The van der Waals surface area contributed by atoms with Crippen molar-refractivity contribution in [1.82, 2.24) is 9.78 Å². The molecule has 0 radical (unpaired) electrons. The van der Waals surface area contributed by atoms with E-state index in [9.17, 15) is 4.79 Å². The van der Waals surface area contributed by atoms with E-state index >= 15 is 0 Å². The lowest BCUT2D eigenvalue weighted by Crippen LogP contribution is -2.24. The molecule has 2 aliphatic heterocycles. The highest BCUT2D eigenvalue weighted by Gasteiger charge is 2.32. The van der Waals surface area contributed by atoms with Crippen LogP contribution in [0.5, 0.6) is 17.2 Å². The first-order valence-corrected chi connectivity index (χ1v) is 8.65. The number of para-hydroxylation sites is 1. The number of benzene rings is 2. The van der Waals surface area contributed by atoms with E-state index in [-0.39, 0.29) is 18.6 Å². The van der Waals surface area contributed by atoms with Gasteiger partial charge in [0.1, 0.15) is 5.82 Å². The topological polar surface area (TPSA) is 74.6 Å². The monoisotopic (exact) mass is 363 g/mol. The second-order valence-electron chi connectivity index (χ2n) is 6.46. The lowest BCUT2D eigenvalue weighted by molar-refractivity contribution is -0.116. The van der Waals surface area contributed by atoms with Gasteiger partial charge in [0.05, 0.1) is 19.0 Å². The fraction of sp³-hybridized carbons (Fsp3) is 0.200. The fourth-order valence-corrected chi connectivity index (χ4v) is 3.63. The standard InChI is InChI=1S/C20H17N3O4/c1-25-16-7-12(8-17-19(16)27-11-26-17)14-9-18(24)22-20-15(14)10-21-23(20)13-5-3-2-4-6-13/h2-8,10,14H,9,11H2,1H3,(H,22,24)/t14-/m1/s1. The van der Waals surface area contributed by atoms with Crippen molar-refractivity contribution in [2.75, 3.05) is 19.2 Å². The Bertz CT molecular complexity index is 1030. The summed E-state index contributed by atoms with van der Waals surface area (Å²) in [6.07, 6.45) is 2.14. The third-order valence-corrected chi connectivity index (χ3v) is 4.90. The van der Waals surface area contributed by atoms with Gasteiger partial charge in [-0.25, -0.2) is 4.68 Å². The number of fused-ring (bicyclic) bond motifs is 2. The van der Waals surface area contributed by atoms with Crippen LogP contribution in [0.3, 0.4) is 0 Å². The summed E-state index contributed by atoms with van der Waals surface area (Å²) in [5.74, 6) is 2.33. The molecule has 1 atom stereocenters. The van der Waals surface area contributed by atoms with Gasteiger partial charge in [0.2, 0.25) is 18.4 Å². The number of rotatable bonds is 3. The maximum Gasteiger partial charge on any atom is 0.231 e. The summed E-state index contributed by atoms with van der Waals surface area (Å²) in [5, 5.41) is 7.47. The van der Waals surface area contributed by atoms with Crippen molar-refractivity contribution in [2.45, 2.75) is 12.3 Å². The van der Waals surface area contributed by atoms with E-state index in [1.165, 1.54) is 0 Å². The number of carbonyl (C=O) groups is 1. The van der Waals surface area contributed by atoms with Gasteiger partial charge < -0.3 is 19.5 Å². The Kier molecular flexibility index (Phi) is 3.53. The Morgan fingerprint density at radius 2 is 2.07 bits per heavy atom. The van der Waals surface area contributed by atoms with Crippen molar-refractivity contribution in [3.63, 3.8) is 0 Å². The van der Waals surface area contributed by atoms with Crippen LogP contribution < -0.4 is 19.5 Å². The number of hydrogen-bond acceptors (Lipinski definition) is 5. The molecule has 3 aromatic rings. The van der Waals surface area contributed by atoms with Crippen molar-refractivity contribution in [3.05, 3.63) is 59.8 Å². The number of hydrogen-bond donors (Lipinski definition) is 1. The number of carbonyl (C=O) groups excluding carboxylic acids is 1. The van der Waals surface area contributed by atoms with Gasteiger partial charge in [-0.3, -0.25) is 4.79 Å². The van der Waals surface area contributed by atoms with Crippen LogP contribution in [0.25, 0.3) is 5.69 Å². The van der Waals surface area contributed by atoms with Crippen LogP contribution in [0.2, 0.25) is 0 Å². The van der Waals surface area contributed by atoms with Gasteiger partial charge in [-0.2, -0.15) is 5.10 Å². The van der Waals surface area contributed by atoms with Crippen molar-refractivity contribution >= 4 is 11.7 Å². The first kappa shape index (κ1) is 15.7. The van der Waals surface area contributed by atoms with Crippen LogP contribution in [-0.4, -0.2) is 29.6 Å². The molecule has 0 saturated carbocycles. The molecule has 0 spiro atoms. The molecular weight excluding hydrogens is 346 g/mol. The molecule has 2 aliphatic rings. The highest BCUT2D eigenvalue weighted by atomic mass is 16.7. The average molecular weight is 363 g/mol. The molecule has 1 aromatic heterocycles. The van der Waals surface area contributed by atoms with Gasteiger partial charge in [-0.1, -0.05) is 18.2 Å². The van der Waals surface area contributed by atoms with Crippen LogP contribution in [0.1, 0.15) is 23.5 Å². The summed E-state index contributed by atoms with van der Waals surface area (Å²) in [4.78, 5) is 12.4. The Morgan fingerprint density at radius 3 is 2.89 bits per heavy atom. The summed E-state index contributed by atoms with van der Waals surface area (Å²) < 4.78 is 18.2. The molecule has 0 fully saturated rings. The molecule has 1 amide bonds. The highest BCUT2D eigenvalue weighted by Crippen LogP contribution is 2.46. The largest absolute Gasteiger partial charge is 0.493 e. The molecule has 5 rings (SSSR count). The SMILES string of the molecule is COc1cc([C@H]2CC(=O)Nc3c2cnn3-c2ccccc2)cc2c1OCO2. The first-order valence-electron chi connectivity index (χ1n) is 8.65. The normalized spacial score (nSPS) is 17.4. The summed E-state index contributed by atoms with van der Waals surface area (Å²) in [6.45, 7) is 0.164. The quantitative estimate of drug-likeness (QED) is 0.774. The third-order valence-electron chi connectivity index (χ3n) is 4.90. The minimum absolute atomic E-state index is 0.0539. The first-order chi connectivity index (χ1) is 13.2. The molecule has 0 bridgehead atoms. The second-order valence-corrected chi connectivity index (χ2v) is 6.46. The number of methoxy groups -OCH3 is 1. The lowest BCUT2D eigenvalue weighted by Gasteiger charge is -2.24. The molecule has 136 valence electrons. The molecule has 7 heteroatoms. The summed E-state index contributed by atoms with van der Waals surface area (Å²) >= 11 is 0. The van der Waals surface area contributed by atoms with Crippen LogP contribution in [0.15, 0.2) is 48.7 Å². The van der Waals surface area contributed by atoms with E-state index in [2.05, 4.69) is 10.4 Å². The van der Waals surface area contributed by atoms with E-state index in [1.807, 2.05) is 48.7 Å². The van der Waals surface area contributed by atoms with Crippen LogP contribution in [0, 0.1) is 0 Å². The van der Waals surface area contributed by atoms with E-state index < -0.39 is 0 Å². The number of aromatic nitrogens is 2. The van der Waals surface area contributed by atoms with Crippen molar-refractivity contribution < 1.29 is 19.0 Å². The predicted molar refractivity (Wildman–Crippen MR) is 97.8 cm³/mol. The number of amides is 1. The van der Waals surface area contributed by atoms with E-state index in [1.54, 1.807) is 11.8 Å². The summed E-state index contributed by atoms with van der Waals surface area (Å²) in [5.41, 5.74) is 2.78. The minimum atomic E-state index is -0.144. The maximum absolute atomic E-state index is 12.4. The molecule has 1 N–H and O–H groups in total. The van der Waals surface area contributed by atoms with Crippen molar-refractivity contribution in [3.8, 4) is 22.9 Å². The fourth-order valence-electron chi connectivity index (χ4n) is 3.63. The number of nitrogens with one attached hydrogen (secondary N) is 1. The highest BCUT2D eigenvalue weighted by molar-refractivity contribution is 5.94. The Morgan fingerprint density at radius 1 is 1.22 bits per heavy atom. The van der Waals surface area contributed by atoms with E-state index in [0.717, 1.165) is 16.8 Å². The van der Waals surface area contributed by atoms with Crippen molar-refractivity contribution in [1.29, 1.82) is 0 Å². The van der Waals surface area contributed by atoms with Gasteiger partial charge in [0.15, 0.2) is 11.5 Å². The molecule has 0 saturated heterocycles. The van der Waals surface area contributed by atoms with Gasteiger partial charge in [-0.05, 0) is 29.8 Å². The number of ether oxygens (including phenoxy) is 3. The zero-order chi connectivity index (χ0) is 18.4. The van der Waals surface area contributed by atoms with Crippen LogP contribution in [-0.2, 0) is 4.79 Å². The van der Waals surface area contributed by atoms with Crippen LogP contribution >= 0.6 is 0 Å². The minimum Gasteiger partial charge on any atom is -0.493 e. The second kappa shape index (κ2) is 6.05. The Balaban J connectivity index is 1.62. The zero-order valence-electron chi connectivity index (χ0n) is 14.6. The molecule has 2 aromatic carbocycles. The number of anilines is 1. The van der Waals surface area contributed by atoms with E-state index in [0.29, 0.717) is 29.5 Å². The molecule has 7 nitrogen and oxygen atoms in total. The number of nitrogens with zero attached hydrogens (tertiary/aromatic N) is 2. The molecule has 27 heavy (non-hydrogen) atoms. The van der Waals surface area contributed by atoms with E-state index in [4.69, 9.17) is 14.2 Å². The molecule has 0 unspecified atom stereocenters. The van der Waals surface area contributed by atoms with Gasteiger partial charge in [0.25, 0.3) is 0 Å². The van der Waals surface area contributed by atoms with Gasteiger partial charge in [-0.15, -0.1) is 0 Å². The van der Waals surface area contributed by atoms with Crippen molar-refractivity contribution in [2.24, 2.45) is 0 Å². The summed E-state index contributed by atoms with van der Waals surface area (Å²) in [7, 11) is 1.59. The molecule has 0 aliphatic carbocycles. The van der Waals surface area contributed by atoms with Gasteiger partial charge in [0, 0.05) is 17.9 Å². The van der Waals surface area contributed by atoms with Gasteiger partial charge >= 0.3 is 0 Å². The lowest BCUT2D eigenvalue weighted by atomic mass is 9.87. The van der Waals surface area contributed by atoms with Crippen LogP contribution in [0.4, 0.5) is 5.82 Å².